The van der Waals surface area contributed by atoms with Crippen LogP contribution < -0.4 is 5.32 Å². The van der Waals surface area contributed by atoms with Crippen molar-refractivity contribution in [3.8, 4) is 17.0 Å². The summed E-state index contributed by atoms with van der Waals surface area (Å²) in [6, 6.07) is 14.4. The molecule has 0 saturated heterocycles. The van der Waals surface area contributed by atoms with E-state index < -0.39 is 0 Å². The van der Waals surface area contributed by atoms with E-state index in [0.29, 0.717) is 22.6 Å². The molecule has 0 bridgehead atoms. The lowest BCUT2D eigenvalue weighted by Crippen LogP contribution is -2.12. The first-order chi connectivity index (χ1) is 11.1. The minimum atomic E-state index is -0.303. The van der Waals surface area contributed by atoms with Gasteiger partial charge in [0.25, 0.3) is 5.91 Å². The first-order valence-electron chi connectivity index (χ1n) is 6.96. The van der Waals surface area contributed by atoms with Gasteiger partial charge in [0.2, 0.25) is 0 Å². The second-order valence-corrected chi connectivity index (χ2v) is 5.93. The molecule has 1 aromatic heterocycles. The zero-order valence-electron chi connectivity index (χ0n) is 12.3. The zero-order chi connectivity index (χ0) is 16.4. The number of carbonyl (C=O) groups is 1. The highest BCUT2D eigenvalue weighted by atomic mass is 79.9. The molecular formula is C17H14BrN3O2. The maximum atomic E-state index is 12.3. The van der Waals surface area contributed by atoms with Crippen molar-refractivity contribution in [2.75, 3.05) is 5.32 Å². The summed E-state index contributed by atoms with van der Waals surface area (Å²) in [5, 5.41) is 19.7. The van der Waals surface area contributed by atoms with Crippen molar-refractivity contribution in [1.29, 1.82) is 0 Å². The van der Waals surface area contributed by atoms with E-state index in [1.165, 1.54) is 0 Å². The number of aromatic nitrogens is 2. The normalized spacial score (nSPS) is 10.5. The highest BCUT2D eigenvalue weighted by molar-refractivity contribution is 9.10. The Bertz CT molecular complexity index is 874. The van der Waals surface area contributed by atoms with Crippen molar-refractivity contribution in [3.63, 3.8) is 0 Å². The summed E-state index contributed by atoms with van der Waals surface area (Å²) in [5.74, 6) is -0.139. The predicted octanol–water partition coefficient (Wildman–Crippen LogP) is 4.11. The summed E-state index contributed by atoms with van der Waals surface area (Å²) in [6.07, 6.45) is 0. The molecule has 1 amide bonds. The number of benzene rings is 2. The van der Waals surface area contributed by atoms with Crippen LogP contribution in [0.4, 0.5) is 5.69 Å². The van der Waals surface area contributed by atoms with Gasteiger partial charge < -0.3 is 10.4 Å². The highest BCUT2D eigenvalue weighted by Gasteiger charge is 2.14. The van der Waals surface area contributed by atoms with Crippen LogP contribution in [-0.2, 0) is 0 Å². The average molecular weight is 372 g/mol. The Morgan fingerprint density at radius 1 is 1.22 bits per heavy atom. The van der Waals surface area contributed by atoms with E-state index in [-0.39, 0.29) is 11.7 Å². The molecule has 0 fully saturated rings. The van der Waals surface area contributed by atoms with Gasteiger partial charge in [-0.05, 0) is 52.7 Å². The Labute approximate surface area is 141 Å². The molecule has 0 aliphatic rings. The van der Waals surface area contributed by atoms with Crippen molar-refractivity contribution in [2.24, 2.45) is 0 Å². The summed E-state index contributed by atoms with van der Waals surface area (Å²) in [7, 11) is 0. The number of halogens is 1. The molecule has 6 heteroatoms. The van der Waals surface area contributed by atoms with Crippen molar-refractivity contribution in [2.45, 2.75) is 6.92 Å². The molecule has 3 rings (SSSR count). The van der Waals surface area contributed by atoms with Crippen LogP contribution in [0.2, 0.25) is 0 Å². The number of aromatic hydroxyl groups is 1. The predicted molar refractivity (Wildman–Crippen MR) is 92.5 cm³/mol. The number of carbonyl (C=O) groups excluding carboxylic acids is 1. The molecule has 3 N–H and O–H groups in total. The van der Waals surface area contributed by atoms with Gasteiger partial charge in [-0.1, -0.05) is 24.3 Å². The molecule has 0 aliphatic heterocycles. The Morgan fingerprint density at radius 2 is 2.00 bits per heavy atom. The summed E-state index contributed by atoms with van der Waals surface area (Å²) >= 11 is 3.38. The number of para-hydroxylation sites is 2. The van der Waals surface area contributed by atoms with Gasteiger partial charge in [0.05, 0.1) is 11.4 Å². The van der Waals surface area contributed by atoms with E-state index >= 15 is 0 Å². The number of H-pyrrole nitrogens is 1. The van der Waals surface area contributed by atoms with Crippen LogP contribution in [0.3, 0.4) is 0 Å². The van der Waals surface area contributed by atoms with Crippen molar-refractivity contribution in [3.05, 3.63) is 64.3 Å². The molecule has 23 heavy (non-hydrogen) atoms. The molecule has 0 atom stereocenters. The molecule has 3 aromatic rings. The van der Waals surface area contributed by atoms with E-state index in [2.05, 4.69) is 31.4 Å². The third kappa shape index (κ3) is 3.12. The summed E-state index contributed by atoms with van der Waals surface area (Å²) in [4.78, 5) is 12.3. The standard InChI is InChI=1S/C17H14BrN3O2/c1-10-5-4-6-11(16(10)22)14-9-15(21-20-14)17(23)19-13-8-3-2-7-12(13)18/h2-9,22H,1H3,(H,19,23)(H,20,21). The zero-order valence-corrected chi connectivity index (χ0v) is 13.9. The lowest BCUT2D eigenvalue weighted by molar-refractivity contribution is 0.102. The number of anilines is 1. The fourth-order valence-electron chi connectivity index (χ4n) is 2.19. The van der Waals surface area contributed by atoms with E-state index in [1.54, 1.807) is 18.2 Å². The quantitative estimate of drug-likeness (QED) is 0.648. The van der Waals surface area contributed by atoms with Crippen LogP contribution in [0.5, 0.6) is 5.75 Å². The third-order valence-corrected chi connectivity index (χ3v) is 4.15. The lowest BCUT2D eigenvalue weighted by Gasteiger charge is -2.05. The number of amides is 1. The second-order valence-electron chi connectivity index (χ2n) is 5.07. The van der Waals surface area contributed by atoms with Crippen LogP contribution in [0, 0.1) is 6.92 Å². The maximum Gasteiger partial charge on any atom is 0.273 e. The van der Waals surface area contributed by atoms with Gasteiger partial charge in [0.1, 0.15) is 11.4 Å². The summed E-state index contributed by atoms with van der Waals surface area (Å²) in [5.41, 5.74) is 2.85. The fraction of sp³-hybridized carbons (Fsp3) is 0.0588. The minimum absolute atomic E-state index is 0.164. The smallest absolute Gasteiger partial charge is 0.273 e. The number of nitrogens with one attached hydrogen (secondary N) is 2. The van der Waals surface area contributed by atoms with Gasteiger partial charge in [-0.3, -0.25) is 9.89 Å². The molecule has 0 aliphatic carbocycles. The van der Waals surface area contributed by atoms with Gasteiger partial charge in [-0.25, -0.2) is 0 Å². The van der Waals surface area contributed by atoms with Crippen LogP contribution in [0.25, 0.3) is 11.3 Å². The maximum absolute atomic E-state index is 12.3. The molecule has 0 unspecified atom stereocenters. The first-order valence-corrected chi connectivity index (χ1v) is 7.76. The number of nitrogens with zero attached hydrogens (tertiary/aromatic N) is 1. The molecule has 0 spiro atoms. The minimum Gasteiger partial charge on any atom is -0.507 e. The van der Waals surface area contributed by atoms with Gasteiger partial charge in [-0.15, -0.1) is 0 Å². The third-order valence-electron chi connectivity index (χ3n) is 3.46. The molecule has 116 valence electrons. The number of phenolic OH excluding ortho intramolecular Hbond substituents is 1. The molecule has 2 aromatic carbocycles. The van der Waals surface area contributed by atoms with E-state index in [1.807, 2.05) is 37.3 Å². The Kier molecular flexibility index (Phi) is 4.16. The summed E-state index contributed by atoms with van der Waals surface area (Å²) in [6.45, 7) is 1.81. The van der Waals surface area contributed by atoms with Crippen molar-refractivity contribution in [1.82, 2.24) is 10.2 Å². The van der Waals surface area contributed by atoms with Crippen LogP contribution in [0.1, 0.15) is 16.1 Å². The van der Waals surface area contributed by atoms with Crippen molar-refractivity contribution < 1.29 is 9.90 Å². The topological polar surface area (TPSA) is 78.0 Å². The Balaban J connectivity index is 1.86. The van der Waals surface area contributed by atoms with Gasteiger partial charge >= 0.3 is 0 Å². The van der Waals surface area contributed by atoms with E-state index in [0.717, 1.165) is 10.0 Å². The van der Waals surface area contributed by atoms with Crippen LogP contribution in [-0.4, -0.2) is 21.2 Å². The largest absolute Gasteiger partial charge is 0.507 e. The van der Waals surface area contributed by atoms with Gasteiger partial charge in [0.15, 0.2) is 0 Å². The number of aryl methyl sites for hydroxylation is 1. The van der Waals surface area contributed by atoms with Gasteiger partial charge in [-0.2, -0.15) is 5.10 Å². The number of hydrogen-bond donors (Lipinski definition) is 3. The fourth-order valence-corrected chi connectivity index (χ4v) is 2.58. The van der Waals surface area contributed by atoms with E-state index in [4.69, 9.17) is 0 Å². The second kappa shape index (κ2) is 6.26. The molecule has 0 radical (unpaired) electrons. The summed E-state index contributed by atoms with van der Waals surface area (Å²) < 4.78 is 0.796. The van der Waals surface area contributed by atoms with Crippen LogP contribution >= 0.6 is 15.9 Å². The SMILES string of the molecule is Cc1cccc(-c2cc(C(=O)Nc3ccccc3Br)[nH]n2)c1O. The number of rotatable bonds is 3. The molecule has 0 saturated carbocycles. The Morgan fingerprint density at radius 3 is 2.78 bits per heavy atom. The highest BCUT2D eigenvalue weighted by Crippen LogP contribution is 2.30. The average Bonchev–Trinajstić information content (AvgIpc) is 3.02. The molecule has 1 heterocycles. The lowest BCUT2D eigenvalue weighted by atomic mass is 10.1. The number of aromatic amines is 1. The molecule has 5 nitrogen and oxygen atoms in total. The first kappa shape index (κ1) is 15.3. The van der Waals surface area contributed by atoms with Gasteiger partial charge in [0, 0.05) is 10.0 Å². The number of hydrogen-bond acceptors (Lipinski definition) is 3. The number of phenols is 1. The van der Waals surface area contributed by atoms with Crippen molar-refractivity contribution >= 4 is 27.5 Å². The molecular weight excluding hydrogens is 358 g/mol. The Hall–Kier alpha value is -2.60. The van der Waals surface area contributed by atoms with Crippen LogP contribution in [0.15, 0.2) is 53.0 Å². The van der Waals surface area contributed by atoms with E-state index in [9.17, 15) is 9.90 Å². The monoisotopic (exact) mass is 371 g/mol.